The van der Waals surface area contributed by atoms with Crippen LogP contribution in [0, 0.1) is 10.6 Å². The van der Waals surface area contributed by atoms with E-state index in [4.69, 9.17) is 15.1 Å². The third kappa shape index (κ3) is 3.12. The summed E-state index contributed by atoms with van der Waals surface area (Å²) in [6.07, 6.45) is 8.22. The van der Waals surface area contributed by atoms with E-state index in [0.717, 1.165) is 27.7 Å². The van der Waals surface area contributed by atoms with Gasteiger partial charge in [0.1, 0.15) is 3.70 Å². The van der Waals surface area contributed by atoms with Crippen LogP contribution in [0.5, 0.6) is 0 Å². The van der Waals surface area contributed by atoms with E-state index >= 15 is 0 Å². The molecule has 1 aliphatic heterocycles. The summed E-state index contributed by atoms with van der Waals surface area (Å²) < 4.78 is 3.24. The molecule has 3 heterocycles. The van der Waals surface area contributed by atoms with Crippen LogP contribution in [0.2, 0.25) is 0 Å². The Morgan fingerprint density at radius 1 is 1.23 bits per heavy atom. The highest BCUT2D eigenvalue weighted by atomic mass is 127. The zero-order valence-corrected chi connectivity index (χ0v) is 18.2. The van der Waals surface area contributed by atoms with Crippen LogP contribution in [0.3, 0.4) is 0 Å². The summed E-state index contributed by atoms with van der Waals surface area (Å²) in [4.78, 5) is 9.96. The summed E-state index contributed by atoms with van der Waals surface area (Å²) >= 11 is 2.37. The Bertz CT molecular complexity index is 953. The fraction of sp³-hybridized carbons (Fsp3) is 0.571. The molecule has 2 aliphatic rings. The van der Waals surface area contributed by atoms with E-state index in [1.807, 2.05) is 0 Å². The highest BCUT2D eigenvalue weighted by molar-refractivity contribution is 14.1. The van der Waals surface area contributed by atoms with E-state index < -0.39 is 0 Å². The number of rotatable bonds is 3. The number of fused-ring (bicyclic) bond motifs is 1. The summed E-state index contributed by atoms with van der Waals surface area (Å²) in [5.41, 5.74) is 5.88. The Morgan fingerprint density at radius 3 is 2.62 bits per heavy atom. The van der Waals surface area contributed by atoms with Crippen LogP contribution < -0.4 is 10.7 Å². The second kappa shape index (κ2) is 7.06. The molecule has 26 heavy (non-hydrogen) atoms. The first-order chi connectivity index (χ1) is 12.5. The van der Waals surface area contributed by atoms with Crippen molar-refractivity contribution < 1.29 is 0 Å². The number of aromatic nitrogens is 3. The third-order valence-corrected chi connectivity index (χ3v) is 6.54. The molecule has 1 aliphatic carbocycles. The molecular formula is C21H27IN4. The van der Waals surface area contributed by atoms with E-state index in [9.17, 15) is 0 Å². The van der Waals surface area contributed by atoms with Crippen molar-refractivity contribution in [2.45, 2.75) is 77.7 Å². The number of hydrogen-bond acceptors (Lipinski definition) is 3. The average Bonchev–Trinajstić information content (AvgIpc) is 2.70. The molecule has 1 unspecified atom stereocenters. The van der Waals surface area contributed by atoms with Gasteiger partial charge >= 0.3 is 0 Å². The lowest BCUT2D eigenvalue weighted by Gasteiger charge is -2.27. The van der Waals surface area contributed by atoms with Crippen LogP contribution in [0.4, 0.5) is 0 Å². The van der Waals surface area contributed by atoms with Gasteiger partial charge in [-0.25, -0.2) is 9.67 Å². The minimum atomic E-state index is 0.347. The molecule has 4 nitrogen and oxygen atoms in total. The highest BCUT2D eigenvalue weighted by Crippen LogP contribution is 2.38. The van der Waals surface area contributed by atoms with Gasteiger partial charge in [0, 0.05) is 28.4 Å². The van der Waals surface area contributed by atoms with Crippen molar-refractivity contribution in [3.05, 3.63) is 37.4 Å². The van der Waals surface area contributed by atoms with E-state index in [-0.39, 0.29) is 0 Å². The predicted molar refractivity (Wildman–Crippen MR) is 113 cm³/mol. The predicted octanol–water partition coefficient (Wildman–Crippen LogP) is 4.15. The van der Waals surface area contributed by atoms with Crippen LogP contribution in [-0.2, 0) is 0 Å². The Kier molecular flexibility index (Phi) is 4.92. The van der Waals surface area contributed by atoms with Crippen molar-refractivity contribution >= 4 is 28.7 Å². The molecule has 4 rings (SSSR count). The van der Waals surface area contributed by atoms with Gasteiger partial charge < -0.3 is 0 Å². The maximum Gasteiger partial charge on any atom is 0.154 e. The lowest BCUT2D eigenvalue weighted by molar-refractivity contribution is 0.408. The molecule has 0 radical (unpaired) electrons. The van der Waals surface area contributed by atoms with Gasteiger partial charge in [0.2, 0.25) is 0 Å². The molecule has 1 saturated carbocycles. The summed E-state index contributed by atoms with van der Waals surface area (Å²) in [5, 5.41) is 6.08. The van der Waals surface area contributed by atoms with Crippen molar-refractivity contribution in [2.24, 2.45) is 4.99 Å². The Labute approximate surface area is 169 Å². The van der Waals surface area contributed by atoms with Gasteiger partial charge in [0.15, 0.2) is 5.49 Å². The van der Waals surface area contributed by atoms with E-state index in [0.29, 0.717) is 17.9 Å². The Morgan fingerprint density at radius 2 is 2.00 bits per heavy atom. The van der Waals surface area contributed by atoms with Crippen LogP contribution in [0.25, 0.3) is 11.8 Å². The standard InChI is InChI=1S/C21H27IN4/c1-12(2)18-14(4)26(25-20(18)22)17-11-16-10-5-7-13(3)23-21(16)24-19(17)15-8-6-9-15/h10-13,15H,5-9H2,1-4H3. The fourth-order valence-electron chi connectivity index (χ4n) is 4.05. The zero-order valence-electron chi connectivity index (χ0n) is 16.1. The van der Waals surface area contributed by atoms with Crippen molar-refractivity contribution in [2.75, 3.05) is 0 Å². The van der Waals surface area contributed by atoms with Gasteiger partial charge in [-0.1, -0.05) is 26.3 Å². The van der Waals surface area contributed by atoms with Crippen LogP contribution in [0.15, 0.2) is 11.1 Å². The molecule has 0 bridgehead atoms. The number of pyridine rings is 1. The highest BCUT2D eigenvalue weighted by Gasteiger charge is 2.27. The molecular weight excluding hydrogens is 435 g/mol. The molecule has 0 saturated heterocycles. The van der Waals surface area contributed by atoms with Gasteiger partial charge in [0.25, 0.3) is 0 Å². The third-order valence-electron chi connectivity index (χ3n) is 5.75. The fourth-order valence-corrected chi connectivity index (χ4v) is 5.28. The summed E-state index contributed by atoms with van der Waals surface area (Å²) in [6.45, 7) is 8.87. The second-order valence-electron chi connectivity index (χ2n) is 8.05. The first kappa shape index (κ1) is 18.1. The van der Waals surface area contributed by atoms with Crippen LogP contribution >= 0.6 is 22.6 Å². The van der Waals surface area contributed by atoms with Crippen molar-refractivity contribution in [1.29, 1.82) is 0 Å². The summed E-state index contributed by atoms with van der Waals surface area (Å²) in [7, 11) is 0. The monoisotopic (exact) mass is 462 g/mol. The Hall–Kier alpha value is -1.24. The van der Waals surface area contributed by atoms with Gasteiger partial charge in [-0.3, -0.25) is 4.99 Å². The van der Waals surface area contributed by atoms with Crippen molar-refractivity contribution in [3.8, 4) is 5.69 Å². The first-order valence-electron chi connectivity index (χ1n) is 9.80. The first-order valence-corrected chi connectivity index (χ1v) is 10.9. The molecule has 2 aromatic heterocycles. The van der Waals surface area contributed by atoms with Gasteiger partial charge in [0.05, 0.1) is 11.4 Å². The molecule has 138 valence electrons. The van der Waals surface area contributed by atoms with Gasteiger partial charge in [-0.2, -0.15) is 5.10 Å². The number of halogens is 1. The SMILES string of the molecule is Cc1c(C(C)C)c(I)nn1-c1cc2c(nc1C1CCC1)=NC(C)CCC=2. The molecule has 5 heteroatoms. The van der Waals surface area contributed by atoms with Crippen LogP contribution in [0.1, 0.15) is 81.7 Å². The molecule has 1 fully saturated rings. The average molecular weight is 462 g/mol. The maximum absolute atomic E-state index is 5.09. The largest absolute Gasteiger partial charge is 0.263 e. The topological polar surface area (TPSA) is 43.1 Å². The molecule has 0 N–H and O–H groups in total. The van der Waals surface area contributed by atoms with E-state index in [1.54, 1.807) is 0 Å². The number of nitrogens with zero attached hydrogens (tertiary/aromatic N) is 4. The minimum absolute atomic E-state index is 0.347. The van der Waals surface area contributed by atoms with Crippen molar-refractivity contribution in [1.82, 2.24) is 14.8 Å². The quantitative estimate of drug-likeness (QED) is 0.644. The van der Waals surface area contributed by atoms with Gasteiger partial charge in [-0.05, 0) is 74.1 Å². The molecule has 0 spiro atoms. The summed E-state index contributed by atoms with van der Waals surface area (Å²) in [5.74, 6) is 1.02. The lowest BCUT2D eigenvalue weighted by atomic mass is 9.82. The normalized spacial score (nSPS) is 20.2. The van der Waals surface area contributed by atoms with Crippen LogP contribution in [-0.4, -0.2) is 20.8 Å². The van der Waals surface area contributed by atoms with E-state index in [1.165, 1.54) is 41.4 Å². The molecule has 1 atom stereocenters. The molecule has 0 amide bonds. The smallest absolute Gasteiger partial charge is 0.154 e. The number of hydrogen-bond donors (Lipinski definition) is 0. The molecule has 2 aromatic rings. The zero-order chi connectivity index (χ0) is 18.4. The minimum Gasteiger partial charge on any atom is -0.263 e. The second-order valence-corrected chi connectivity index (χ2v) is 9.07. The molecule has 0 aromatic carbocycles. The van der Waals surface area contributed by atoms with Crippen molar-refractivity contribution in [3.63, 3.8) is 0 Å². The summed E-state index contributed by atoms with van der Waals surface area (Å²) in [6, 6.07) is 2.64. The Balaban J connectivity index is 1.97. The lowest BCUT2D eigenvalue weighted by Crippen LogP contribution is -2.33. The van der Waals surface area contributed by atoms with Gasteiger partial charge in [-0.15, -0.1) is 0 Å². The van der Waals surface area contributed by atoms with E-state index in [2.05, 4.69) is 67.1 Å². The maximum atomic E-state index is 5.09.